The average Bonchev–Trinajstić information content (AvgIpc) is 2.45. The molecule has 0 aliphatic rings. The molecule has 20 heavy (non-hydrogen) atoms. The van der Waals surface area contributed by atoms with Crippen molar-refractivity contribution in [2.75, 3.05) is 5.73 Å². The molecule has 2 aromatic carbocycles. The highest BCUT2D eigenvalue weighted by Gasteiger charge is 2.07. The van der Waals surface area contributed by atoms with Crippen LogP contribution in [-0.2, 0) is 6.61 Å². The summed E-state index contributed by atoms with van der Waals surface area (Å²) in [6, 6.07) is 12.6. The Labute approximate surface area is 123 Å². The smallest absolute Gasteiger partial charge is 0.162 e. The Hall–Kier alpha value is -2.00. The molecule has 0 heterocycles. The lowest BCUT2D eigenvalue weighted by Gasteiger charge is -2.10. The summed E-state index contributed by atoms with van der Waals surface area (Å²) in [5.74, 6) is 0.635. The maximum Gasteiger partial charge on any atom is 0.162 e. The lowest BCUT2D eigenvalue weighted by Crippen LogP contribution is -2.02. The molecular weight excluding hydrogens is 274 g/mol. The summed E-state index contributed by atoms with van der Waals surface area (Å²) >= 11 is 5.91. The first-order valence-electron chi connectivity index (χ1n) is 6.40. The van der Waals surface area contributed by atoms with Crippen molar-refractivity contribution < 1.29 is 9.53 Å². The molecule has 4 heteroatoms. The minimum Gasteiger partial charge on any atom is -0.487 e. The molecule has 0 bridgehead atoms. The fraction of sp³-hybridized carbons (Fsp3) is 0.188. The Kier molecular flexibility index (Phi) is 4.64. The van der Waals surface area contributed by atoms with Crippen LogP contribution in [0.4, 0.5) is 5.69 Å². The van der Waals surface area contributed by atoms with Crippen molar-refractivity contribution in [2.24, 2.45) is 0 Å². The van der Waals surface area contributed by atoms with Crippen molar-refractivity contribution >= 4 is 23.1 Å². The Morgan fingerprint density at radius 3 is 2.70 bits per heavy atom. The highest BCUT2D eigenvalue weighted by atomic mass is 35.5. The van der Waals surface area contributed by atoms with Crippen LogP contribution in [0, 0.1) is 0 Å². The molecule has 0 aliphatic carbocycles. The molecule has 0 unspecified atom stereocenters. The van der Waals surface area contributed by atoms with Gasteiger partial charge in [-0.25, -0.2) is 0 Å². The van der Waals surface area contributed by atoms with Crippen molar-refractivity contribution in [3.05, 3.63) is 58.6 Å². The van der Waals surface area contributed by atoms with Gasteiger partial charge < -0.3 is 10.5 Å². The predicted octanol–water partition coefficient (Wildman–Crippen LogP) is 4.09. The third-order valence-electron chi connectivity index (χ3n) is 2.94. The highest BCUT2D eigenvalue weighted by molar-refractivity contribution is 6.30. The largest absolute Gasteiger partial charge is 0.487 e. The molecule has 0 radical (unpaired) electrons. The number of nitrogens with two attached hydrogens (primary N) is 1. The Morgan fingerprint density at radius 2 is 2.05 bits per heavy atom. The third-order valence-corrected chi connectivity index (χ3v) is 3.17. The van der Waals surface area contributed by atoms with Crippen molar-refractivity contribution in [2.45, 2.75) is 20.0 Å². The standard InChI is InChI=1S/C16H16ClNO2/c1-2-15(19)12-6-7-16(14(18)9-12)20-10-11-4-3-5-13(17)8-11/h3-9H,2,10,18H2,1H3. The summed E-state index contributed by atoms with van der Waals surface area (Å²) in [6.45, 7) is 2.20. The van der Waals surface area contributed by atoms with Gasteiger partial charge in [0.05, 0.1) is 5.69 Å². The molecule has 0 spiro atoms. The maximum atomic E-state index is 11.6. The quantitative estimate of drug-likeness (QED) is 0.666. The molecule has 104 valence electrons. The van der Waals surface area contributed by atoms with E-state index in [1.165, 1.54) is 0 Å². The Bertz CT molecular complexity index is 626. The summed E-state index contributed by atoms with van der Waals surface area (Å²) in [6.07, 6.45) is 0.460. The zero-order valence-electron chi connectivity index (χ0n) is 11.2. The summed E-state index contributed by atoms with van der Waals surface area (Å²) in [5, 5.41) is 0.669. The van der Waals surface area contributed by atoms with E-state index in [1.54, 1.807) is 18.2 Å². The fourth-order valence-electron chi connectivity index (χ4n) is 1.85. The average molecular weight is 290 g/mol. The summed E-state index contributed by atoms with van der Waals surface area (Å²) in [4.78, 5) is 11.6. The van der Waals surface area contributed by atoms with Crippen molar-refractivity contribution in [1.29, 1.82) is 0 Å². The molecule has 0 fully saturated rings. The van der Waals surface area contributed by atoms with Crippen LogP contribution in [0.3, 0.4) is 0 Å². The van der Waals surface area contributed by atoms with Crippen molar-refractivity contribution in [1.82, 2.24) is 0 Å². The first kappa shape index (κ1) is 14.4. The second-order valence-corrected chi connectivity index (χ2v) is 4.88. The molecule has 0 aromatic heterocycles. The van der Waals surface area contributed by atoms with Gasteiger partial charge in [-0.2, -0.15) is 0 Å². The molecule has 2 rings (SSSR count). The number of carbonyl (C=O) groups is 1. The van der Waals surface area contributed by atoms with Crippen LogP contribution >= 0.6 is 11.6 Å². The summed E-state index contributed by atoms with van der Waals surface area (Å²) < 4.78 is 5.65. The van der Waals surface area contributed by atoms with Gasteiger partial charge in [-0.15, -0.1) is 0 Å². The van der Waals surface area contributed by atoms with E-state index >= 15 is 0 Å². The van der Waals surface area contributed by atoms with Crippen LogP contribution in [-0.4, -0.2) is 5.78 Å². The van der Waals surface area contributed by atoms with E-state index in [-0.39, 0.29) is 5.78 Å². The van der Waals surface area contributed by atoms with E-state index in [4.69, 9.17) is 22.1 Å². The Balaban J connectivity index is 2.08. The fourth-order valence-corrected chi connectivity index (χ4v) is 2.06. The number of ketones is 1. The van der Waals surface area contributed by atoms with E-state index in [2.05, 4.69) is 0 Å². The lowest BCUT2D eigenvalue weighted by atomic mass is 10.1. The van der Waals surface area contributed by atoms with E-state index in [0.29, 0.717) is 35.1 Å². The van der Waals surface area contributed by atoms with Gasteiger partial charge in [-0.3, -0.25) is 4.79 Å². The van der Waals surface area contributed by atoms with E-state index < -0.39 is 0 Å². The number of hydrogen-bond acceptors (Lipinski definition) is 3. The van der Waals surface area contributed by atoms with E-state index in [9.17, 15) is 4.79 Å². The van der Waals surface area contributed by atoms with Crippen LogP contribution in [0.15, 0.2) is 42.5 Å². The molecule has 0 atom stereocenters. The normalized spacial score (nSPS) is 10.3. The van der Waals surface area contributed by atoms with Crippen molar-refractivity contribution in [3.8, 4) is 5.75 Å². The number of ether oxygens (including phenoxy) is 1. The zero-order chi connectivity index (χ0) is 14.5. The topological polar surface area (TPSA) is 52.3 Å². The van der Waals surface area contributed by atoms with Gasteiger partial charge >= 0.3 is 0 Å². The number of benzene rings is 2. The maximum absolute atomic E-state index is 11.6. The number of nitrogen functional groups attached to an aromatic ring is 1. The monoisotopic (exact) mass is 289 g/mol. The summed E-state index contributed by atoms with van der Waals surface area (Å²) in [7, 11) is 0. The Morgan fingerprint density at radius 1 is 1.25 bits per heavy atom. The second kappa shape index (κ2) is 6.44. The minimum atomic E-state index is 0.0677. The van der Waals surface area contributed by atoms with Crippen LogP contribution in [0.25, 0.3) is 0 Å². The van der Waals surface area contributed by atoms with Gasteiger partial charge in [0.2, 0.25) is 0 Å². The van der Waals surface area contributed by atoms with E-state index in [0.717, 1.165) is 5.56 Å². The SMILES string of the molecule is CCC(=O)c1ccc(OCc2cccc(Cl)c2)c(N)c1. The van der Waals surface area contributed by atoms with Crippen LogP contribution in [0.2, 0.25) is 5.02 Å². The lowest BCUT2D eigenvalue weighted by molar-refractivity contribution is 0.0988. The van der Waals surface area contributed by atoms with Crippen LogP contribution < -0.4 is 10.5 Å². The molecule has 2 N–H and O–H groups in total. The highest BCUT2D eigenvalue weighted by Crippen LogP contribution is 2.24. The molecule has 2 aromatic rings. The number of hydrogen-bond donors (Lipinski definition) is 1. The minimum absolute atomic E-state index is 0.0677. The summed E-state index contributed by atoms with van der Waals surface area (Å²) in [5.41, 5.74) is 7.94. The van der Waals surface area contributed by atoms with Gasteiger partial charge in [0.25, 0.3) is 0 Å². The van der Waals surface area contributed by atoms with Crippen LogP contribution in [0.5, 0.6) is 5.75 Å². The molecule has 0 amide bonds. The first-order chi connectivity index (χ1) is 9.60. The molecule has 0 saturated heterocycles. The zero-order valence-corrected chi connectivity index (χ0v) is 12.0. The molecular formula is C16H16ClNO2. The third kappa shape index (κ3) is 3.52. The van der Waals surface area contributed by atoms with Gasteiger partial charge in [0.1, 0.15) is 12.4 Å². The number of halogens is 1. The van der Waals surface area contributed by atoms with Crippen molar-refractivity contribution in [3.63, 3.8) is 0 Å². The number of rotatable bonds is 5. The molecule has 3 nitrogen and oxygen atoms in total. The molecule has 0 saturated carbocycles. The number of carbonyl (C=O) groups excluding carboxylic acids is 1. The van der Waals surface area contributed by atoms with E-state index in [1.807, 2.05) is 31.2 Å². The first-order valence-corrected chi connectivity index (χ1v) is 6.78. The number of Topliss-reactive ketones (excluding diaryl/α,β-unsaturated/α-hetero) is 1. The number of anilines is 1. The molecule has 0 aliphatic heterocycles. The van der Waals surface area contributed by atoms with Crippen LogP contribution in [0.1, 0.15) is 29.3 Å². The van der Waals surface area contributed by atoms with Gasteiger partial charge in [0, 0.05) is 17.0 Å². The van der Waals surface area contributed by atoms with Gasteiger partial charge in [-0.05, 0) is 35.9 Å². The van der Waals surface area contributed by atoms with Gasteiger partial charge in [0.15, 0.2) is 5.78 Å². The predicted molar refractivity (Wildman–Crippen MR) is 81.3 cm³/mol. The second-order valence-electron chi connectivity index (χ2n) is 4.45. The van der Waals surface area contributed by atoms with Gasteiger partial charge in [-0.1, -0.05) is 30.7 Å².